The normalized spacial score (nSPS) is 11.4. The topological polar surface area (TPSA) is 72.7 Å². The second kappa shape index (κ2) is 8.62. The molecule has 0 atom stereocenters. The SMILES string of the molecule is Cc1ccccc1-n1nnc(C(=O)NCc2ccccc2C(F)(F)F)c1-c1ccncc1. The number of carbonyl (C=O) groups excluding carboxylic acids is 1. The van der Waals surface area contributed by atoms with Crippen molar-refractivity contribution < 1.29 is 18.0 Å². The van der Waals surface area contributed by atoms with Crippen LogP contribution in [0.2, 0.25) is 0 Å². The maximum Gasteiger partial charge on any atom is 0.416 e. The van der Waals surface area contributed by atoms with Crippen LogP contribution in [-0.2, 0) is 12.7 Å². The summed E-state index contributed by atoms with van der Waals surface area (Å²) in [6.45, 7) is 1.60. The number of halogens is 3. The van der Waals surface area contributed by atoms with Gasteiger partial charge in [0, 0.05) is 24.5 Å². The highest BCUT2D eigenvalue weighted by Crippen LogP contribution is 2.32. The predicted molar refractivity (Wildman–Crippen MR) is 112 cm³/mol. The summed E-state index contributed by atoms with van der Waals surface area (Å²) >= 11 is 0. The van der Waals surface area contributed by atoms with Crippen LogP contribution >= 0.6 is 0 Å². The van der Waals surface area contributed by atoms with Gasteiger partial charge in [-0.15, -0.1) is 5.10 Å². The van der Waals surface area contributed by atoms with Gasteiger partial charge in [0.05, 0.1) is 11.3 Å². The van der Waals surface area contributed by atoms with E-state index in [1.165, 1.54) is 18.2 Å². The summed E-state index contributed by atoms with van der Waals surface area (Å²) in [4.78, 5) is 17.0. The quantitative estimate of drug-likeness (QED) is 0.496. The number of aryl methyl sites for hydroxylation is 1. The Kier molecular flexibility index (Phi) is 5.72. The molecule has 2 aromatic carbocycles. The average molecular weight is 437 g/mol. The third-order valence-electron chi connectivity index (χ3n) is 4.94. The van der Waals surface area contributed by atoms with Crippen LogP contribution in [0.25, 0.3) is 16.9 Å². The van der Waals surface area contributed by atoms with Gasteiger partial charge in [-0.3, -0.25) is 9.78 Å². The molecular formula is C23H18F3N5O. The molecule has 6 nitrogen and oxygen atoms in total. The lowest BCUT2D eigenvalue weighted by Gasteiger charge is -2.13. The molecule has 4 aromatic rings. The van der Waals surface area contributed by atoms with Crippen molar-refractivity contribution in [3.8, 4) is 16.9 Å². The van der Waals surface area contributed by atoms with Crippen LogP contribution in [0.15, 0.2) is 73.1 Å². The van der Waals surface area contributed by atoms with Gasteiger partial charge < -0.3 is 5.32 Å². The molecule has 1 N–H and O–H groups in total. The number of pyridine rings is 1. The number of hydrogen-bond acceptors (Lipinski definition) is 4. The summed E-state index contributed by atoms with van der Waals surface area (Å²) in [5.74, 6) is -0.631. The monoisotopic (exact) mass is 437 g/mol. The molecule has 162 valence electrons. The van der Waals surface area contributed by atoms with Crippen molar-refractivity contribution >= 4 is 5.91 Å². The molecule has 0 aliphatic heterocycles. The van der Waals surface area contributed by atoms with Crippen LogP contribution < -0.4 is 5.32 Å². The molecule has 0 unspecified atom stereocenters. The number of alkyl halides is 3. The van der Waals surface area contributed by atoms with E-state index in [2.05, 4.69) is 20.6 Å². The summed E-state index contributed by atoms with van der Waals surface area (Å²) in [7, 11) is 0. The first-order valence-corrected chi connectivity index (χ1v) is 9.71. The van der Waals surface area contributed by atoms with E-state index >= 15 is 0 Å². The van der Waals surface area contributed by atoms with Crippen molar-refractivity contribution in [2.75, 3.05) is 0 Å². The molecule has 2 aromatic heterocycles. The fourth-order valence-corrected chi connectivity index (χ4v) is 3.38. The third kappa shape index (κ3) is 4.22. The molecule has 0 saturated carbocycles. The fourth-order valence-electron chi connectivity index (χ4n) is 3.38. The van der Waals surface area contributed by atoms with Gasteiger partial charge in [0.25, 0.3) is 5.91 Å². The Balaban J connectivity index is 1.70. The number of nitrogens with one attached hydrogen (secondary N) is 1. The van der Waals surface area contributed by atoms with Gasteiger partial charge in [0.1, 0.15) is 5.69 Å². The second-order valence-corrected chi connectivity index (χ2v) is 7.06. The fraction of sp³-hybridized carbons (Fsp3) is 0.130. The molecule has 0 fully saturated rings. The highest BCUT2D eigenvalue weighted by Gasteiger charge is 2.33. The molecule has 4 rings (SSSR count). The zero-order valence-electron chi connectivity index (χ0n) is 17.0. The maximum absolute atomic E-state index is 13.3. The van der Waals surface area contributed by atoms with Crippen LogP contribution in [0.3, 0.4) is 0 Å². The van der Waals surface area contributed by atoms with E-state index in [9.17, 15) is 18.0 Å². The molecule has 1 amide bonds. The van der Waals surface area contributed by atoms with Crippen LogP contribution in [0.5, 0.6) is 0 Å². The van der Waals surface area contributed by atoms with Crippen molar-refractivity contribution in [3.05, 3.63) is 95.4 Å². The van der Waals surface area contributed by atoms with E-state index in [0.717, 1.165) is 17.3 Å². The molecule has 0 radical (unpaired) electrons. The first kappa shape index (κ1) is 21.2. The molecule has 2 heterocycles. The molecule has 9 heteroatoms. The van der Waals surface area contributed by atoms with Crippen molar-refractivity contribution in [1.29, 1.82) is 0 Å². The minimum atomic E-state index is -4.52. The van der Waals surface area contributed by atoms with E-state index in [1.54, 1.807) is 29.2 Å². The van der Waals surface area contributed by atoms with Gasteiger partial charge in [0.2, 0.25) is 0 Å². The Morgan fingerprint density at radius 3 is 2.41 bits per heavy atom. The summed E-state index contributed by atoms with van der Waals surface area (Å²) in [6.07, 6.45) is -1.37. The minimum Gasteiger partial charge on any atom is -0.346 e. The van der Waals surface area contributed by atoms with Gasteiger partial charge in [-0.05, 0) is 42.3 Å². The first-order chi connectivity index (χ1) is 15.4. The Labute approximate surface area is 181 Å². The second-order valence-electron chi connectivity index (χ2n) is 7.06. The minimum absolute atomic E-state index is 0.00365. The Bertz CT molecular complexity index is 1250. The van der Waals surface area contributed by atoms with E-state index in [4.69, 9.17) is 0 Å². The lowest BCUT2D eigenvalue weighted by Crippen LogP contribution is -2.25. The predicted octanol–water partition coefficient (Wildman–Crippen LogP) is 4.59. The summed E-state index contributed by atoms with van der Waals surface area (Å²) in [5, 5.41) is 10.8. The number of nitrogens with zero attached hydrogens (tertiary/aromatic N) is 4. The molecule has 0 spiro atoms. The van der Waals surface area contributed by atoms with E-state index in [-0.39, 0.29) is 17.8 Å². The molecule has 32 heavy (non-hydrogen) atoms. The summed E-state index contributed by atoms with van der Waals surface area (Å²) < 4.78 is 41.3. The summed E-state index contributed by atoms with van der Waals surface area (Å²) in [6, 6.07) is 16.0. The van der Waals surface area contributed by atoms with Crippen LogP contribution in [-0.4, -0.2) is 25.9 Å². The summed E-state index contributed by atoms with van der Waals surface area (Å²) in [5.41, 5.74) is 1.89. The first-order valence-electron chi connectivity index (χ1n) is 9.71. The van der Waals surface area contributed by atoms with Crippen molar-refractivity contribution in [2.45, 2.75) is 19.6 Å². The van der Waals surface area contributed by atoms with Crippen molar-refractivity contribution in [2.24, 2.45) is 0 Å². The lowest BCUT2D eigenvalue weighted by atomic mass is 10.1. The van der Waals surface area contributed by atoms with E-state index in [1.807, 2.05) is 31.2 Å². The zero-order chi connectivity index (χ0) is 22.7. The molecule has 0 bridgehead atoms. The Hall–Kier alpha value is -4.01. The van der Waals surface area contributed by atoms with Gasteiger partial charge in [0.15, 0.2) is 5.69 Å². The van der Waals surface area contributed by atoms with Crippen molar-refractivity contribution in [3.63, 3.8) is 0 Å². The number of rotatable bonds is 5. The smallest absolute Gasteiger partial charge is 0.346 e. The average Bonchev–Trinajstić information content (AvgIpc) is 3.23. The molecule has 0 saturated heterocycles. The Morgan fingerprint density at radius 1 is 1.00 bits per heavy atom. The van der Waals surface area contributed by atoms with E-state index in [0.29, 0.717) is 11.3 Å². The maximum atomic E-state index is 13.3. The number of aromatic nitrogens is 4. The molecule has 0 aliphatic rings. The number of para-hydroxylation sites is 1. The highest BCUT2D eigenvalue weighted by molar-refractivity contribution is 5.98. The molecular weight excluding hydrogens is 419 g/mol. The van der Waals surface area contributed by atoms with Crippen LogP contribution in [0.4, 0.5) is 13.2 Å². The number of carbonyl (C=O) groups is 1. The van der Waals surface area contributed by atoms with Crippen LogP contribution in [0, 0.1) is 6.92 Å². The van der Waals surface area contributed by atoms with Gasteiger partial charge in [-0.25, -0.2) is 4.68 Å². The number of benzene rings is 2. The lowest BCUT2D eigenvalue weighted by molar-refractivity contribution is -0.138. The number of hydrogen-bond donors (Lipinski definition) is 1. The highest BCUT2D eigenvalue weighted by atomic mass is 19.4. The Morgan fingerprint density at radius 2 is 1.69 bits per heavy atom. The zero-order valence-corrected chi connectivity index (χ0v) is 17.0. The van der Waals surface area contributed by atoms with Crippen molar-refractivity contribution in [1.82, 2.24) is 25.3 Å². The number of amides is 1. The largest absolute Gasteiger partial charge is 0.416 e. The standard InChI is InChI=1S/C23H18F3N5O/c1-15-6-2-5-9-19(15)31-21(16-10-12-27-13-11-16)20(29-30-31)22(32)28-14-17-7-3-4-8-18(17)23(24,25)26/h2-13H,14H2,1H3,(H,28,32). The molecule has 0 aliphatic carbocycles. The third-order valence-corrected chi connectivity index (χ3v) is 4.94. The van der Waals surface area contributed by atoms with Crippen LogP contribution in [0.1, 0.15) is 27.2 Å². The van der Waals surface area contributed by atoms with Gasteiger partial charge in [-0.2, -0.15) is 13.2 Å². The van der Waals surface area contributed by atoms with Gasteiger partial charge >= 0.3 is 6.18 Å². The van der Waals surface area contributed by atoms with Gasteiger partial charge in [-0.1, -0.05) is 41.6 Å². The van der Waals surface area contributed by atoms with E-state index < -0.39 is 17.6 Å².